The molecule has 0 radical (unpaired) electrons. The summed E-state index contributed by atoms with van der Waals surface area (Å²) in [5.74, 6) is 2.78. The molecule has 0 spiro atoms. The van der Waals surface area contributed by atoms with E-state index in [0.29, 0.717) is 0 Å². The molecule has 0 unspecified atom stereocenters. The molecule has 0 aliphatic heterocycles. The Morgan fingerprint density at radius 2 is 1.86 bits per heavy atom. The van der Waals surface area contributed by atoms with Crippen molar-refractivity contribution in [3.8, 4) is 0 Å². The predicted molar refractivity (Wildman–Crippen MR) is 115 cm³/mol. The number of nitrogens with zero attached hydrogens (tertiary/aromatic N) is 6. The quantitative estimate of drug-likeness (QED) is 0.287. The highest BCUT2D eigenvalue weighted by atomic mass is 15.2. The van der Waals surface area contributed by atoms with Gasteiger partial charge >= 0.3 is 0 Å². The minimum atomic E-state index is 0.737. The number of hydrogen-bond donors (Lipinski definition) is 2. The van der Waals surface area contributed by atoms with E-state index in [1.165, 1.54) is 5.52 Å². The fourth-order valence-corrected chi connectivity index (χ4v) is 3.50. The van der Waals surface area contributed by atoms with Crippen LogP contribution in [-0.2, 0) is 13.0 Å². The average molecular weight is 390 g/mol. The normalized spacial score (nSPS) is 12.0. The second kappa shape index (κ2) is 8.72. The highest BCUT2D eigenvalue weighted by Crippen LogP contribution is 2.15. The first kappa shape index (κ1) is 18.9. The molecule has 3 aromatic heterocycles. The van der Waals surface area contributed by atoms with Crippen LogP contribution in [0.3, 0.4) is 0 Å². The SMILES string of the molecule is CN=C(NCCCn1c(C)nc2ccccc21)NCCc1nnc2ccccn12. The van der Waals surface area contributed by atoms with Crippen molar-refractivity contribution in [2.24, 2.45) is 4.99 Å². The average Bonchev–Trinajstić information content (AvgIpc) is 3.30. The van der Waals surface area contributed by atoms with E-state index in [9.17, 15) is 0 Å². The molecule has 3 heterocycles. The van der Waals surface area contributed by atoms with Gasteiger partial charge in [0.25, 0.3) is 0 Å². The van der Waals surface area contributed by atoms with Gasteiger partial charge in [0.2, 0.25) is 0 Å². The number of imidazole rings is 1. The molecule has 1 aromatic carbocycles. The minimum absolute atomic E-state index is 0.737. The van der Waals surface area contributed by atoms with E-state index >= 15 is 0 Å². The summed E-state index contributed by atoms with van der Waals surface area (Å²) < 4.78 is 4.28. The lowest BCUT2D eigenvalue weighted by molar-refractivity contribution is 0.623. The standard InChI is InChI=1S/C21H26N8/c1-16-25-17-8-3-4-9-18(17)28(16)15-7-12-23-21(22-2)24-13-11-20-27-26-19-10-5-6-14-29(19)20/h3-6,8-10,14H,7,11-13,15H2,1-2H3,(H2,22,23,24). The largest absolute Gasteiger partial charge is 0.356 e. The molecule has 150 valence electrons. The molecule has 0 aliphatic rings. The topological polar surface area (TPSA) is 84.4 Å². The van der Waals surface area contributed by atoms with Crippen molar-refractivity contribution < 1.29 is 0 Å². The molecule has 4 rings (SSSR count). The number of aliphatic imine (C=N–C) groups is 1. The zero-order valence-electron chi connectivity index (χ0n) is 16.8. The highest BCUT2D eigenvalue weighted by Gasteiger charge is 2.07. The number of nitrogens with one attached hydrogen (secondary N) is 2. The Morgan fingerprint density at radius 3 is 2.76 bits per heavy atom. The Balaban J connectivity index is 1.24. The summed E-state index contributed by atoms with van der Waals surface area (Å²) in [5.41, 5.74) is 3.11. The van der Waals surface area contributed by atoms with Gasteiger partial charge in [-0.25, -0.2) is 4.98 Å². The molecule has 0 fully saturated rings. The van der Waals surface area contributed by atoms with Crippen LogP contribution in [0.15, 0.2) is 53.7 Å². The van der Waals surface area contributed by atoms with Crippen molar-refractivity contribution in [1.82, 2.24) is 34.8 Å². The second-order valence-electron chi connectivity index (χ2n) is 6.87. The number of aryl methyl sites for hydroxylation is 2. The number of benzene rings is 1. The van der Waals surface area contributed by atoms with Crippen LogP contribution in [0.5, 0.6) is 0 Å². The van der Waals surface area contributed by atoms with Gasteiger partial charge < -0.3 is 15.2 Å². The molecule has 8 nitrogen and oxygen atoms in total. The maximum Gasteiger partial charge on any atom is 0.190 e. The van der Waals surface area contributed by atoms with Gasteiger partial charge in [0.05, 0.1) is 11.0 Å². The molecule has 0 aliphatic carbocycles. The molecule has 29 heavy (non-hydrogen) atoms. The van der Waals surface area contributed by atoms with Gasteiger partial charge in [-0.15, -0.1) is 10.2 Å². The van der Waals surface area contributed by atoms with Crippen molar-refractivity contribution in [1.29, 1.82) is 0 Å². The number of para-hydroxylation sites is 2. The van der Waals surface area contributed by atoms with Crippen molar-refractivity contribution in [3.63, 3.8) is 0 Å². The molecular formula is C21H26N8. The van der Waals surface area contributed by atoms with Crippen molar-refractivity contribution in [2.45, 2.75) is 26.3 Å². The highest BCUT2D eigenvalue weighted by molar-refractivity contribution is 5.79. The summed E-state index contributed by atoms with van der Waals surface area (Å²) >= 11 is 0. The lowest BCUT2D eigenvalue weighted by atomic mass is 10.3. The predicted octanol–water partition coefficient (Wildman–Crippen LogP) is 2.19. The third-order valence-corrected chi connectivity index (χ3v) is 4.95. The number of rotatable bonds is 7. The first-order chi connectivity index (χ1) is 14.3. The molecule has 0 amide bonds. The summed E-state index contributed by atoms with van der Waals surface area (Å²) in [6.07, 6.45) is 3.74. The summed E-state index contributed by atoms with van der Waals surface area (Å²) in [6.45, 7) is 4.55. The Labute approximate surface area is 169 Å². The molecule has 0 saturated heterocycles. The zero-order valence-corrected chi connectivity index (χ0v) is 16.8. The number of fused-ring (bicyclic) bond motifs is 2. The zero-order chi connectivity index (χ0) is 20.1. The lowest BCUT2D eigenvalue weighted by Gasteiger charge is -2.12. The van der Waals surface area contributed by atoms with Crippen LogP contribution in [-0.4, -0.2) is 50.2 Å². The lowest BCUT2D eigenvalue weighted by Crippen LogP contribution is -2.39. The second-order valence-corrected chi connectivity index (χ2v) is 6.87. The third-order valence-electron chi connectivity index (χ3n) is 4.95. The van der Waals surface area contributed by atoms with Crippen LogP contribution in [0.4, 0.5) is 0 Å². The minimum Gasteiger partial charge on any atom is -0.356 e. The Kier molecular flexibility index (Phi) is 5.69. The van der Waals surface area contributed by atoms with Crippen LogP contribution in [0.25, 0.3) is 16.7 Å². The van der Waals surface area contributed by atoms with Crippen molar-refractivity contribution in [2.75, 3.05) is 20.1 Å². The summed E-state index contributed by atoms with van der Waals surface area (Å²) in [7, 11) is 1.79. The Bertz CT molecular complexity index is 1120. The summed E-state index contributed by atoms with van der Waals surface area (Å²) in [5, 5.41) is 15.2. The number of aromatic nitrogens is 5. The molecule has 8 heteroatoms. The fraction of sp³-hybridized carbons (Fsp3) is 0.333. The molecule has 0 bridgehead atoms. The molecule has 0 atom stereocenters. The van der Waals surface area contributed by atoms with E-state index in [-0.39, 0.29) is 0 Å². The maximum atomic E-state index is 4.62. The molecular weight excluding hydrogens is 364 g/mol. The van der Waals surface area contributed by atoms with Gasteiger partial charge in [-0.05, 0) is 37.6 Å². The van der Waals surface area contributed by atoms with E-state index in [1.54, 1.807) is 7.05 Å². The Morgan fingerprint density at radius 1 is 1.03 bits per heavy atom. The van der Waals surface area contributed by atoms with Gasteiger partial charge in [0.1, 0.15) is 11.6 Å². The van der Waals surface area contributed by atoms with E-state index in [4.69, 9.17) is 0 Å². The van der Waals surface area contributed by atoms with Crippen molar-refractivity contribution >= 4 is 22.6 Å². The van der Waals surface area contributed by atoms with Crippen LogP contribution in [0, 0.1) is 6.92 Å². The van der Waals surface area contributed by atoms with Gasteiger partial charge in [-0.1, -0.05) is 18.2 Å². The number of guanidine groups is 1. The van der Waals surface area contributed by atoms with E-state index < -0.39 is 0 Å². The van der Waals surface area contributed by atoms with E-state index in [0.717, 1.165) is 61.2 Å². The van der Waals surface area contributed by atoms with Crippen LogP contribution >= 0.6 is 0 Å². The van der Waals surface area contributed by atoms with Gasteiger partial charge in [0, 0.05) is 39.3 Å². The van der Waals surface area contributed by atoms with Gasteiger partial charge in [-0.2, -0.15) is 0 Å². The Hall–Kier alpha value is -3.42. The monoisotopic (exact) mass is 390 g/mol. The van der Waals surface area contributed by atoms with Crippen molar-refractivity contribution in [3.05, 3.63) is 60.3 Å². The first-order valence-electron chi connectivity index (χ1n) is 9.91. The van der Waals surface area contributed by atoms with Crippen LogP contribution in [0.1, 0.15) is 18.1 Å². The smallest absolute Gasteiger partial charge is 0.190 e. The van der Waals surface area contributed by atoms with Gasteiger partial charge in [-0.3, -0.25) is 9.39 Å². The van der Waals surface area contributed by atoms with E-state index in [2.05, 4.69) is 60.5 Å². The molecule has 2 N–H and O–H groups in total. The third kappa shape index (κ3) is 4.21. The van der Waals surface area contributed by atoms with E-state index in [1.807, 2.05) is 34.9 Å². The van der Waals surface area contributed by atoms with Gasteiger partial charge in [0.15, 0.2) is 11.6 Å². The fourth-order valence-electron chi connectivity index (χ4n) is 3.50. The summed E-state index contributed by atoms with van der Waals surface area (Å²) in [6, 6.07) is 14.2. The number of pyridine rings is 1. The molecule has 4 aromatic rings. The number of hydrogen-bond acceptors (Lipinski definition) is 4. The van der Waals surface area contributed by atoms with Crippen LogP contribution < -0.4 is 10.6 Å². The van der Waals surface area contributed by atoms with Crippen LogP contribution in [0.2, 0.25) is 0 Å². The maximum absolute atomic E-state index is 4.62. The first-order valence-corrected chi connectivity index (χ1v) is 9.91. The summed E-state index contributed by atoms with van der Waals surface area (Å²) in [4.78, 5) is 8.93. The molecule has 0 saturated carbocycles.